The van der Waals surface area contributed by atoms with Gasteiger partial charge in [0.1, 0.15) is 17.6 Å². The van der Waals surface area contributed by atoms with Gasteiger partial charge in [-0.25, -0.2) is 4.98 Å². The van der Waals surface area contributed by atoms with Crippen LogP contribution in [0.5, 0.6) is 0 Å². The van der Waals surface area contributed by atoms with Crippen molar-refractivity contribution in [1.29, 1.82) is 0 Å². The van der Waals surface area contributed by atoms with Crippen LogP contribution >= 0.6 is 23.2 Å². The second-order valence-electron chi connectivity index (χ2n) is 7.83. The molecule has 2 N–H and O–H groups in total. The van der Waals surface area contributed by atoms with Crippen molar-refractivity contribution < 1.29 is 19.1 Å². The molecular weight excluding hydrogens is 465 g/mol. The van der Waals surface area contributed by atoms with E-state index < -0.39 is 23.5 Å². The van der Waals surface area contributed by atoms with E-state index >= 15 is 0 Å². The fourth-order valence-electron chi connectivity index (χ4n) is 3.94. The maximum atomic E-state index is 13.2. The number of fused-ring (bicyclic) bond motifs is 1. The van der Waals surface area contributed by atoms with Crippen LogP contribution in [-0.2, 0) is 9.59 Å². The smallest absolute Gasteiger partial charge is 0.302 e. The van der Waals surface area contributed by atoms with Gasteiger partial charge in [0.15, 0.2) is 0 Å². The van der Waals surface area contributed by atoms with Gasteiger partial charge in [0, 0.05) is 5.56 Å². The molecule has 1 atom stereocenters. The van der Waals surface area contributed by atoms with Crippen molar-refractivity contribution in [3.05, 3.63) is 86.8 Å². The summed E-state index contributed by atoms with van der Waals surface area (Å²) in [5, 5.41) is 11.6. The van der Waals surface area contributed by atoms with Crippen LogP contribution in [0.2, 0.25) is 10.0 Å². The summed E-state index contributed by atoms with van der Waals surface area (Å²) in [6.45, 7) is 3.94. The number of hydrogen-bond acceptors (Lipinski definition) is 5. The molecule has 0 radical (unpaired) electrons. The van der Waals surface area contributed by atoms with E-state index in [4.69, 9.17) is 27.6 Å². The number of aromatic nitrogens is 2. The lowest BCUT2D eigenvalue weighted by atomic mass is 9.99. The molecule has 0 bridgehead atoms. The maximum Gasteiger partial charge on any atom is 0.302 e. The van der Waals surface area contributed by atoms with Crippen LogP contribution < -0.4 is 4.90 Å². The molecule has 1 unspecified atom stereocenters. The van der Waals surface area contributed by atoms with Gasteiger partial charge in [-0.15, -0.1) is 0 Å². The van der Waals surface area contributed by atoms with E-state index in [9.17, 15) is 14.7 Å². The zero-order chi connectivity index (χ0) is 23.4. The summed E-state index contributed by atoms with van der Waals surface area (Å²) in [5.41, 5.74) is 3.58. The molecule has 0 spiro atoms. The zero-order valence-electron chi connectivity index (χ0n) is 17.5. The second kappa shape index (κ2) is 7.79. The number of aryl methyl sites for hydroxylation is 2. The number of amides is 1. The normalized spacial score (nSPS) is 17.9. The van der Waals surface area contributed by atoms with Crippen molar-refractivity contribution in [3.8, 4) is 0 Å². The highest BCUT2D eigenvalue weighted by Gasteiger charge is 2.49. The van der Waals surface area contributed by atoms with Crippen LogP contribution in [-0.4, -0.2) is 26.8 Å². The van der Waals surface area contributed by atoms with E-state index in [2.05, 4.69) is 9.97 Å². The molecule has 1 amide bonds. The van der Waals surface area contributed by atoms with Crippen molar-refractivity contribution in [2.75, 3.05) is 4.90 Å². The molecule has 1 fully saturated rings. The molecule has 1 saturated heterocycles. The number of aliphatic hydroxyl groups is 1. The number of imidazole rings is 1. The van der Waals surface area contributed by atoms with Gasteiger partial charge in [0.25, 0.3) is 5.78 Å². The first-order valence-corrected chi connectivity index (χ1v) is 10.8. The van der Waals surface area contributed by atoms with Gasteiger partial charge < -0.3 is 14.5 Å². The number of H-pyrrole nitrogens is 1. The Morgan fingerprint density at radius 3 is 2.55 bits per heavy atom. The Kier molecular flexibility index (Phi) is 5.03. The molecule has 0 saturated carbocycles. The standard InChI is InChI=1S/C24H17Cl2N3O4/c1-11-8-16-17(9-12(11)2)28-24(27-16)29-20(18-4-3-7-33-18)19(22(31)23(29)32)21(30)13-5-6-14(25)15(26)10-13/h3-10,20,30H,1-2H3,(H,27,28)/b21-19+. The number of aliphatic hydroxyl groups excluding tert-OH is 1. The highest BCUT2D eigenvalue weighted by atomic mass is 35.5. The highest BCUT2D eigenvalue weighted by Crippen LogP contribution is 2.42. The van der Waals surface area contributed by atoms with Gasteiger partial charge >= 0.3 is 5.91 Å². The van der Waals surface area contributed by atoms with Gasteiger partial charge in [-0.05, 0) is 67.4 Å². The van der Waals surface area contributed by atoms with Crippen molar-refractivity contribution in [2.45, 2.75) is 19.9 Å². The lowest BCUT2D eigenvalue weighted by Crippen LogP contribution is -2.30. The molecular formula is C24H17Cl2N3O4. The number of carbonyl (C=O) groups is 2. The largest absolute Gasteiger partial charge is 0.507 e. The number of Topliss-reactive ketones (excluding diaryl/α,β-unsaturated/α-hetero) is 1. The first kappa shape index (κ1) is 21.3. The van der Waals surface area contributed by atoms with Crippen LogP contribution in [0.4, 0.5) is 5.95 Å². The van der Waals surface area contributed by atoms with Gasteiger partial charge in [0.05, 0.1) is 32.9 Å². The summed E-state index contributed by atoms with van der Waals surface area (Å²) < 4.78 is 5.56. The number of nitrogens with one attached hydrogen (secondary N) is 1. The van der Waals surface area contributed by atoms with E-state index in [1.54, 1.807) is 12.1 Å². The number of benzene rings is 2. The van der Waals surface area contributed by atoms with Gasteiger partial charge in [-0.1, -0.05) is 23.2 Å². The molecule has 33 heavy (non-hydrogen) atoms. The van der Waals surface area contributed by atoms with Crippen molar-refractivity contribution in [2.24, 2.45) is 0 Å². The Labute approximate surface area is 198 Å². The second-order valence-corrected chi connectivity index (χ2v) is 8.64. The SMILES string of the molecule is Cc1cc2nc(N3C(=O)C(=O)/C(=C(/O)c4ccc(Cl)c(Cl)c4)C3c3ccco3)[nH]c2cc1C. The predicted octanol–water partition coefficient (Wildman–Crippen LogP) is 5.71. The summed E-state index contributed by atoms with van der Waals surface area (Å²) >= 11 is 12.1. The average molecular weight is 482 g/mol. The van der Waals surface area contributed by atoms with Crippen LogP contribution in [0.3, 0.4) is 0 Å². The summed E-state index contributed by atoms with van der Waals surface area (Å²) in [5.74, 6) is -1.63. The zero-order valence-corrected chi connectivity index (χ0v) is 19.0. The molecule has 1 aliphatic rings. The van der Waals surface area contributed by atoms with Gasteiger partial charge in [0.2, 0.25) is 5.95 Å². The number of ketones is 1. The third kappa shape index (κ3) is 3.41. The van der Waals surface area contributed by atoms with Crippen molar-refractivity contribution in [1.82, 2.24) is 9.97 Å². The van der Waals surface area contributed by atoms with Crippen LogP contribution in [0.1, 0.15) is 28.5 Å². The lowest BCUT2D eigenvalue weighted by Gasteiger charge is -2.20. The molecule has 0 aliphatic carbocycles. The first-order chi connectivity index (χ1) is 15.8. The van der Waals surface area contributed by atoms with E-state index in [-0.39, 0.29) is 22.1 Å². The molecule has 1 aliphatic heterocycles. The third-order valence-corrected chi connectivity index (χ3v) is 6.50. The number of anilines is 1. The lowest BCUT2D eigenvalue weighted by molar-refractivity contribution is -0.132. The van der Waals surface area contributed by atoms with Crippen molar-refractivity contribution in [3.63, 3.8) is 0 Å². The number of furan rings is 1. The van der Waals surface area contributed by atoms with Crippen LogP contribution in [0.25, 0.3) is 16.8 Å². The highest BCUT2D eigenvalue weighted by molar-refractivity contribution is 6.51. The molecule has 3 heterocycles. The monoisotopic (exact) mass is 481 g/mol. The molecule has 5 rings (SSSR count). The number of aromatic amines is 1. The minimum absolute atomic E-state index is 0.138. The minimum atomic E-state index is -1.03. The summed E-state index contributed by atoms with van der Waals surface area (Å²) in [6.07, 6.45) is 1.43. The molecule has 2 aromatic heterocycles. The summed E-state index contributed by atoms with van der Waals surface area (Å²) in [7, 11) is 0. The van der Waals surface area contributed by atoms with Crippen LogP contribution in [0, 0.1) is 13.8 Å². The number of rotatable bonds is 3. The quantitative estimate of drug-likeness (QED) is 0.222. The molecule has 2 aromatic carbocycles. The minimum Gasteiger partial charge on any atom is -0.507 e. The average Bonchev–Trinajstić information content (AvgIpc) is 3.49. The molecule has 7 nitrogen and oxygen atoms in total. The van der Waals surface area contributed by atoms with E-state index in [1.165, 1.54) is 29.4 Å². The van der Waals surface area contributed by atoms with Crippen LogP contribution in [0.15, 0.2) is 58.7 Å². The van der Waals surface area contributed by atoms with Gasteiger partial charge in [-0.3, -0.25) is 14.5 Å². The van der Waals surface area contributed by atoms with E-state index in [1.807, 2.05) is 26.0 Å². The maximum absolute atomic E-state index is 13.2. The Bertz CT molecular complexity index is 1430. The molecule has 4 aromatic rings. The molecule has 9 heteroatoms. The number of nitrogens with zero attached hydrogens (tertiary/aromatic N) is 2. The fourth-order valence-corrected chi connectivity index (χ4v) is 4.23. The fraction of sp³-hybridized carbons (Fsp3) is 0.125. The number of carbonyl (C=O) groups excluding carboxylic acids is 2. The Balaban J connectivity index is 1.71. The molecule has 166 valence electrons. The predicted molar refractivity (Wildman–Crippen MR) is 126 cm³/mol. The Hall–Kier alpha value is -3.55. The summed E-state index contributed by atoms with van der Waals surface area (Å²) in [6, 6.07) is 10.5. The Morgan fingerprint density at radius 1 is 1.09 bits per heavy atom. The topological polar surface area (TPSA) is 99.4 Å². The van der Waals surface area contributed by atoms with E-state index in [0.717, 1.165) is 16.6 Å². The van der Waals surface area contributed by atoms with E-state index in [0.29, 0.717) is 16.3 Å². The number of halogens is 2. The first-order valence-electron chi connectivity index (χ1n) is 10.0. The van der Waals surface area contributed by atoms with Gasteiger partial charge in [-0.2, -0.15) is 0 Å². The number of hydrogen-bond donors (Lipinski definition) is 2. The Morgan fingerprint density at radius 2 is 1.85 bits per heavy atom. The summed E-state index contributed by atoms with van der Waals surface area (Å²) in [4.78, 5) is 35.2. The third-order valence-electron chi connectivity index (χ3n) is 5.76. The van der Waals surface area contributed by atoms with Crippen molar-refractivity contribution >= 4 is 57.6 Å².